The summed E-state index contributed by atoms with van der Waals surface area (Å²) in [7, 11) is 0. The zero-order chi connectivity index (χ0) is 15.6. The second-order valence-electron chi connectivity index (χ2n) is 6.04. The average Bonchev–Trinajstić information content (AvgIpc) is 2.40. The van der Waals surface area contributed by atoms with Crippen molar-refractivity contribution in [2.45, 2.75) is 39.7 Å². The molecule has 1 aromatic heterocycles. The molecular weight excluding hydrogens is 286 g/mol. The molecule has 0 fully saturated rings. The predicted octanol–water partition coefficient (Wildman–Crippen LogP) is 4.05. The van der Waals surface area contributed by atoms with Gasteiger partial charge in [0.05, 0.1) is 0 Å². The van der Waals surface area contributed by atoms with E-state index in [1.54, 1.807) is 12.1 Å². The molecule has 0 saturated carbocycles. The number of hydrogen-bond donors (Lipinski definition) is 2. The lowest BCUT2D eigenvalue weighted by atomic mass is 9.95. The first-order valence-corrected chi connectivity index (χ1v) is 7.22. The zero-order valence-corrected chi connectivity index (χ0v) is 13.5. The average molecular weight is 306 g/mol. The van der Waals surface area contributed by atoms with Crippen LogP contribution in [0.25, 0.3) is 0 Å². The summed E-state index contributed by atoms with van der Waals surface area (Å²) in [6.45, 7) is 8.48. The molecule has 0 aliphatic carbocycles. The van der Waals surface area contributed by atoms with Gasteiger partial charge in [0.1, 0.15) is 22.5 Å². The van der Waals surface area contributed by atoms with Crippen LogP contribution in [0.5, 0.6) is 5.75 Å². The Balaban J connectivity index is 2.28. The van der Waals surface area contributed by atoms with Crippen LogP contribution in [-0.4, -0.2) is 15.1 Å². The molecule has 0 amide bonds. The van der Waals surface area contributed by atoms with E-state index in [2.05, 4.69) is 15.3 Å². The number of nitrogens with one attached hydrogen (secondary N) is 1. The molecule has 0 bridgehead atoms. The van der Waals surface area contributed by atoms with E-state index < -0.39 is 0 Å². The minimum absolute atomic E-state index is 0.178. The smallest absolute Gasteiger partial charge is 0.137 e. The Morgan fingerprint density at radius 1 is 1.19 bits per heavy atom. The third-order valence-electron chi connectivity index (χ3n) is 3.20. The quantitative estimate of drug-likeness (QED) is 0.840. The van der Waals surface area contributed by atoms with Crippen molar-refractivity contribution < 1.29 is 5.11 Å². The molecular formula is C16H20ClN3O. The number of hydrogen-bond acceptors (Lipinski definition) is 4. The fourth-order valence-corrected chi connectivity index (χ4v) is 2.01. The van der Waals surface area contributed by atoms with E-state index in [1.165, 1.54) is 0 Å². The molecule has 5 heteroatoms. The number of aromatic hydroxyl groups is 1. The second kappa shape index (κ2) is 5.90. The maximum Gasteiger partial charge on any atom is 0.137 e. The number of aromatic nitrogens is 2. The number of para-hydroxylation sites is 1. The van der Waals surface area contributed by atoms with Crippen LogP contribution in [-0.2, 0) is 12.0 Å². The highest BCUT2D eigenvalue weighted by Crippen LogP contribution is 2.27. The molecule has 21 heavy (non-hydrogen) atoms. The molecule has 112 valence electrons. The second-order valence-corrected chi connectivity index (χ2v) is 6.40. The van der Waals surface area contributed by atoms with Gasteiger partial charge >= 0.3 is 0 Å². The lowest BCUT2D eigenvalue weighted by molar-refractivity contribution is 0.469. The van der Waals surface area contributed by atoms with Gasteiger partial charge in [0, 0.05) is 23.1 Å². The molecule has 0 saturated heterocycles. The Kier molecular flexibility index (Phi) is 4.37. The summed E-state index contributed by atoms with van der Waals surface area (Å²) in [6.07, 6.45) is 0. The Morgan fingerprint density at radius 3 is 2.48 bits per heavy atom. The van der Waals surface area contributed by atoms with Gasteiger partial charge < -0.3 is 10.4 Å². The maximum atomic E-state index is 9.80. The Labute approximate surface area is 130 Å². The van der Waals surface area contributed by atoms with Crippen LogP contribution >= 0.6 is 11.6 Å². The van der Waals surface area contributed by atoms with Crippen molar-refractivity contribution in [3.63, 3.8) is 0 Å². The molecule has 0 unspecified atom stereocenters. The van der Waals surface area contributed by atoms with Gasteiger partial charge in [0.25, 0.3) is 0 Å². The molecule has 4 nitrogen and oxygen atoms in total. The van der Waals surface area contributed by atoms with Crippen LogP contribution in [0.2, 0.25) is 5.15 Å². The molecule has 2 aromatic rings. The van der Waals surface area contributed by atoms with Gasteiger partial charge in [-0.15, -0.1) is 0 Å². The molecule has 0 atom stereocenters. The summed E-state index contributed by atoms with van der Waals surface area (Å²) in [5.74, 6) is 1.65. The molecule has 1 aromatic carbocycles. The van der Waals surface area contributed by atoms with Gasteiger partial charge in [-0.3, -0.25) is 0 Å². The van der Waals surface area contributed by atoms with Gasteiger partial charge in [-0.2, -0.15) is 0 Å². The number of benzene rings is 1. The molecule has 1 heterocycles. The van der Waals surface area contributed by atoms with E-state index in [4.69, 9.17) is 11.6 Å². The van der Waals surface area contributed by atoms with E-state index in [-0.39, 0.29) is 11.2 Å². The summed E-state index contributed by atoms with van der Waals surface area (Å²) >= 11 is 6.20. The fourth-order valence-electron chi connectivity index (χ4n) is 1.84. The van der Waals surface area contributed by atoms with Crippen molar-refractivity contribution in [1.29, 1.82) is 0 Å². The first-order valence-electron chi connectivity index (χ1n) is 6.84. The van der Waals surface area contributed by atoms with Crippen molar-refractivity contribution in [1.82, 2.24) is 9.97 Å². The van der Waals surface area contributed by atoms with Crippen LogP contribution in [0.15, 0.2) is 24.3 Å². The van der Waals surface area contributed by atoms with Gasteiger partial charge in [-0.1, -0.05) is 50.6 Å². The molecule has 0 radical (unpaired) electrons. The van der Waals surface area contributed by atoms with Crippen molar-refractivity contribution in [3.05, 3.63) is 46.4 Å². The maximum absolute atomic E-state index is 9.80. The molecule has 0 aliphatic heterocycles. The minimum atomic E-state index is -0.178. The van der Waals surface area contributed by atoms with Crippen molar-refractivity contribution >= 4 is 17.4 Å². The third kappa shape index (κ3) is 3.64. The normalized spacial score (nSPS) is 11.5. The molecule has 2 rings (SSSR count). The number of nitrogens with zero attached hydrogens (tertiary/aromatic N) is 2. The van der Waals surface area contributed by atoms with Gasteiger partial charge in [-0.25, -0.2) is 9.97 Å². The largest absolute Gasteiger partial charge is 0.508 e. The van der Waals surface area contributed by atoms with Crippen molar-refractivity contribution in [2.75, 3.05) is 5.32 Å². The van der Waals surface area contributed by atoms with Crippen molar-refractivity contribution in [3.8, 4) is 5.75 Å². The predicted molar refractivity (Wildman–Crippen MR) is 85.9 cm³/mol. The highest BCUT2D eigenvalue weighted by molar-refractivity contribution is 6.30. The van der Waals surface area contributed by atoms with E-state index >= 15 is 0 Å². The summed E-state index contributed by atoms with van der Waals surface area (Å²) in [5, 5.41) is 13.5. The standard InChI is InChI=1S/C16H20ClN3O/c1-10-13(17)19-15(16(2,3)4)20-14(10)18-9-11-7-5-6-8-12(11)21/h5-8,21H,9H2,1-4H3,(H,18,19,20). The number of halogens is 1. The van der Waals surface area contributed by atoms with E-state index in [1.807, 2.05) is 39.8 Å². The van der Waals surface area contributed by atoms with Crippen LogP contribution in [0, 0.1) is 6.92 Å². The summed E-state index contributed by atoms with van der Waals surface area (Å²) in [4.78, 5) is 8.90. The molecule has 0 spiro atoms. The molecule has 0 aliphatic rings. The zero-order valence-electron chi connectivity index (χ0n) is 12.7. The monoisotopic (exact) mass is 305 g/mol. The SMILES string of the molecule is Cc1c(Cl)nc(C(C)(C)C)nc1NCc1ccccc1O. The Bertz CT molecular complexity index is 650. The highest BCUT2D eigenvalue weighted by Gasteiger charge is 2.20. The van der Waals surface area contributed by atoms with Crippen LogP contribution in [0.4, 0.5) is 5.82 Å². The topological polar surface area (TPSA) is 58.0 Å². The van der Waals surface area contributed by atoms with Gasteiger partial charge in [0.15, 0.2) is 0 Å². The lowest BCUT2D eigenvalue weighted by Crippen LogP contribution is -2.18. The van der Waals surface area contributed by atoms with Crippen LogP contribution in [0.1, 0.15) is 37.7 Å². The highest BCUT2D eigenvalue weighted by atomic mass is 35.5. The van der Waals surface area contributed by atoms with Gasteiger partial charge in [0.2, 0.25) is 0 Å². The van der Waals surface area contributed by atoms with Crippen molar-refractivity contribution in [2.24, 2.45) is 0 Å². The number of anilines is 1. The Morgan fingerprint density at radius 2 is 1.86 bits per heavy atom. The lowest BCUT2D eigenvalue weighted by Gasteiger charge is -2.19. The van der Waals surface area contributed by atoms with E-state index in [9.17, 15) is 5.11 Å². The van der Waals surface area contributed by atoms with Crippen LogP contribution in [0.3, 0.4) is 0 Å². The summed E-state index contributed by atoms with van der Waals surface area (Å²) < 4.78 is 0. The van der Waals surface area contributed by atoms with Gasteiger partial charge in [-0.05, 0) is 13.0 Å². The summed E-state index contributed by atoms with van der Waals surface area (Å²) in [5.41, 5.74) is 1.44. The minimum Gasteiger partial charge on any atom is -0.508 e. The third-order valence-corrected chi connectivity index (χ3v) is 3.56. The Hall–Kier alpha value is -1.81. The van der Waals surface area contributed by atoms with E-state index in [0.717, 1.165) is 11.1 Å². The summed E-state index contributed by atoms with van der Waals surface area (Å²) in [6, 6.07) is 7.21. The number of rotatable bonds is 3. The fraction of sp³-hybridized carbons (Fsp3) is 0.375. The number of phenolic OH excluding ortho intramolecular Hbond substituents is 1. The van der Waals surface area contributed by atoms with Crippen LogP contribution < -0.4 is 5.32 Å². The first-order chi connectivity index (χ1) is 9.79. The number of phenols is 1. The first kappa shape index (κ1) is 15.6. The molecule has 2 N–H and O–H groups in total. The van der Waals surface area contributed by atoms with E-state index in [0.29, 0.717) is 23.3 Å².